The average molecular weight is 240 g/mol. The summed E-state index contributed by atoms with van der Waals surface area (Å²) in [5.74, 6) is -2.94. The van der Waals surface area contributed by atoms with Gasteiger partial charge in [0.05, 0.1) is 11.8 Å². The van der Waals surface area contributed by atoms with Crippen LogP contribution >= 0.6 is 0 Å². The molecule has 1 N–H and O–H groups in total. The predicted molar refractivity (Wildman–Crippen MR) is 52.6 cm³/mol. The molecular formula is C11H12O6. The zero-order valence-electron chi connectivity index (χ0n) is 8.94. The van der Waals surface area contributed by atoms with Gasteiger partial charge in [-0.05, 0) is 12.8 Å². The summed E-state index contributed by atoms with van der Waals surface area (Å²) >= 11 is 0. The second kappa shape index (κ2) is 3.82. The first kappa shape index (κ1) is 10.7. The quantitative estimate of drug-likeness (QED) is 0.433. The first-order valence-corrected chi connectivity index (χ1v) is 5.58. The summed E-state index contributed by atoms with van der Waals surface area (Å²) in [7, 11) is 0. The molecule has 6 nitrogen and oxygen atoms in total. The number of rotatable bonds is 3. The number of carboxylic acids is 1. The van der Waals surface area contributed by atoms with Crippen LogP contribution in [-0.2, 0) is 23.8 Å². The van der Waals surface area contributed by atoms with E-state index in [2.05, 4.69) is 0 Å². The smallest absolute Gasteiger partial charge is 0.316 e. The molecule has 0 amide bonds. The van der Waals surface area contributed by atoms with E-state index < -0.39 is 30.1 Å². The van der Waals surface area contributed by atoms with Crippen molar-refractivity contribution >= 4 is 11.9 Å². The van der Waals surface area contributed by atoms with Gasteiger partial charge in [-0.1, -0.05) is 12.2 Å². The number of epoxide rings is 1. The topological polar surface area (TPSA) is 85.4 Å². The minimum absolute atomic E-state index is 0.144. The average Bonchev–Trinajstić information content (AvgIpc) is 2.97. The molecule has 5 unspecified atom stereocenters. The number of carbonyl (C=O) groups is 2. The third-order valence-electron chi connectivity index (χ3n) is 3.26. The Morgan fingerprint density at radius 1 is 1.35 bits per heavy atom. The summed E-state index contributed by atoms with van der Waals surface area (Å²) in [6, 6.07) is 0. The molecule has 0 radical (unpaired) electrons. The Morgan fingerprint density at radius 3 is 2.76 bits per heavy atom. The van der Waals surface area contributed by atoms with Crippen LogP contribution in [0.2, 0.25) is 0 Å². The van der Waals surface area contributed by atoms with Gasteiger partial charge in [-0.15, -0.1) is 0 Å². The lowest BCUT2D eigenvalue weighted by atomic mass is 9.84. The van der Waals surface area contributed by atoms with Gasteiger partial charge in [0, 0.05) is 0 Å². The van der Waals surface area contributed by atoms with Crippen molar-refractivity contribution in [1.82, 2.24) is 0 Å². The van der Waals surface area contributed by atoms with E-state index in [0.29, 0.717) is 12.8 Å². The molecule has 6 heteroatoms. The van der Waals surface area contributed by atoms with Gasteiger partial charge in [0.25, 0.3) is 0 Å². The summed E-state index contributed by atoms with van der Waals surface area (Å²) in [4.78, 5) is 22.8. The Balaban J connectivity index is 1.63. The van der Waals surface area contributed by atoms with Gasteiger partial charge in [0.15, 0.2) is 12.4 Å². The number of fused-ring (bicyclic) bond motifs is 1. The van der Waals surface area contributed by atoms with E-state index in [9.17, 15) is 9.59 Å². The van der Waals surface area contributed by atoms with Crippen molar-refractivity contribution < 1.29 is 28.9 Å². The molecule has 0 bridgehead atoms. The van der Waals surface area contributed by atoms with Crippen LogP contribution in [0.5, 0.6) is 0 Å². The third-order valence-corrected chi connectivity index (χ3v) is 3.26. The highest BCUT2D eigenvalue weighted by atomic mass is 16.9. The van der Waals surface area contributed by atoms with Crippen molar-refractivity contribution in [2.75, 3.05) is 0 Å². The van der Waals surface area contributed by atoms with Gasteiger partial charge in [-0.3, -0.25) is 9.59 Å². The van der Waals surface area contributed by atoms with E-state index in [-0.39, 0.29) is 12.4 Å². The van der Waals surface area contributed by atoms with E-state index >= 15 is 0 Å². The molecule has 5 atom stereocenters. The molecule has 17 heavy (non-hydrogen) atoms. The molecule has 2 fully saturated rings. The van der Waals surface area contributed by atoms with E-state index in [1.165, 1.54) is 0 Å². The summed E-state index contributed by atoms with van der Waals surface area (Å²) in [5.41, 5.74) is 0. The van der Waals surface area contributed by atoms with E-state index in [0.717, 1.165) is 0 Å². The van der Waals surface area contributed by atoms with Crippen LogP contribution in [0.25, 0.3) is 0 Å². The lowest BCUT2D eigenvalue weighted by Crippen LogP contribution is -2.41. The molecule has 3 aliphatic rings. The lowest BCUT2D eigenvalue weighted by Gasteiger charge is -2.26. The minimum atomic E-state index is -0.966. The lowest BCUT2D eigenvalue weighted by molar-refractivity contribution is -0.212. The number of hydrogen-bond acceptors (Lipinski definition) is 5. The maximum Gasteiger partial charge on any atom is 0.316 e. The van der Waals surface area contributed by atoms with Gasteiger partial charge in [-0.2, -0.15) is 0 Å². The standard InChI is InChI=1S/C11H12O6/c12-8(13)5-3-1-2-4-6(5)9(14)16-11-7-10(15-7)17-11/h2,4-7,10-11H,1,3H2,(H,12,13). The molecule has 92 valence electrons. The van der Waals surface area contributed by atoms with E-state index in [4.69, 9.17) is 19.3 Å². The second-order valence-corrected chi connectivity index (χ2v) is 4.39. The van der Waals surface area contributed by atoms with Gasteiger partial charge in [-0.25, -0.2) is 0 Å². The number of aliphatic carboxylic acids is 1. The Morgan fingerprint density at radius 2 is 2.18 bits per heavy atom. The van der Waals surface area contributed by atoms with Crippen LogP contribution in [0.15, 0.2) is 12.2 Å². The number of esters is 1. The summed E-state index contributed by atoms with van der Waals surface area (Å²) in [6.45, 7) is 0. The predicted octanol–water partition coefficient (Wildman–Crippen LogP) is 0.278. The third kappa shape index (κ3) is 1.83. The van der Waals surface area contributed by atoms with Gasteiger partial charge in [0.2, 0.25) is 6.29 Å². The molecule has 0 spiro atoms. The van der Waals surface area contributed by atoms with Crippen molar-refractivity contribution in [2.45, 2.75) is 31.5 Å². The Hall–Kier alpha value is -1.40. The maximum atomic E-state index is 11.8. The number of hydrogen-bond donors (Lipinski definition) is 1. The first-order valence-electron chi connectivity index (χ1n) is 5.58. The Kier molecular flexibility index (Phi) is 2.41. The number of allylic oxidation sites excluding steroid dienone is 1. The molecule has 2 heterocycles. The summed E-state index contributed by atoms with van der Waals surface area (Å²) in [6.07, 6.45) is 3.53. The van der Waals surface area contributed by atoms with Gasteiger partial charge < -0.3 is 19.3 Å². The molecule has 3 rings (SSSR count). The molecular weight excluding hydrogens is 228 g/mol. The highest BCUT2D eigenvalue weighted by Crippen LogP contribution is 2.41. The normalized spacial score (nSPS) is 42.2. The van der Waals surface area contributed by atoms with Gasteiger partial charge >= 0.3 is 11.9 Å². The summed E-state index contributed by atoms with van der Waals surface area (Å²) in [5, 5.41) is 9.03. The fourth-order valence-corrected chi connectivity index (χ4v) is 2.17. The molecule has 2 aliphatic heterocycles. The van der Waals surface area contributed by atoms with Gasteiger partial charge in [0.1, 0.15) is 0 Å². The minimum Gasteiger partial charge on any atom is -0.481 e. The van der Waals surface area contributed by atoms with Crippen molar-refractivity contribution in [2.24, 2.45) is 11.8 Å². The zero-order valence-corrected chi connectivity index (χ0v) is 8.94. The number of carboxylic acid groups (broad SMARTS) is 1. The molecule has 0 saturated carbocycles. The second-order valence-electron chi connectivity index (χ2n) is 4.39. The number of ether oxygens (including phenoxy) is 3. The monoisotopic (exact) mass is 240 g/mol. The summed E-state index contributed by atoms with van der Waals surface area (Å²) < 4.78 is 15.1. The molecule has 2 saturated heterocycles. The van der Waals surface area contributed by atoms with Crippen LogP contribution in [0, 0.1) is 11.8 Å². The van der Waals surface area contributed by atoms with Crippen LogP contribution in [0.1, 0.15) is 12.8 Å². The van der Waals surface area contributed by atoms with Crippen molar-refractivity contribution in [3.63, 3.8) is 0 Å². The zero-order chi connectivity index (χ0) is 12.0. The largest absolute Gasteiger partial charge is 0.481 e. The van der Waals surface area contributed by atoms with Crippen molar-refractivity contribution in [3.8, 4) is 0 Å². The van der Waals surface area contributed by atoms with Crippen LogP contribution in [0.3, 0.4) is 0 Å². The van der Waals surface area contributed by atoms with Crippen LogP contribution in [0.4, 0.5) is 0 Å². The molecule has 0 aromatic rings. The molecule has 1 aliphatic carbocycles. The Labute approximate surface area is 97.1 Å². The van der Waals surface area contributed by atoms with E-state index in [1.54, 1.807) is 6.08 Å². The first-order chi connectivity index (χ1) is 8.16. The van der Waals surface area contributed by atoms with Crippen LogP contribution in [-0.4, -0.2) is 35.7 Å². The highest BCUT2D eigenvalue weighted by Gasteiger charge is 2.61. The maximum absolute atomic E-state index is 11.8. The Bertz CT molecular complexity index is 389. The number of carbonyl (C=O) groups excluding carboxylic acids is 1. The van der Waals surface area contributed by atoms with E-state index in [1.807, 2.05) is 6.08 Å². The fraction of sp³-hybridized carbons (Fsp3) is 0.636. The highest BCUT2D eigenvalue weighted by molar-refractivity contribution is 5.83. The SMILES string of the molecule is O=C(OC1OC2OC12)C1C=CCCC1C(=O)O. The van der Waals surface area contributed by atoms with Crippen LogP contribution < -0.4 is 0 Å². The molecule has 0 aromatic heterocycles. The molecule has 0 aromatic carbocycles. The van der Waals surface area contributed by atoms with Crippen molar-refractivity contribution in [3.05, 3.63) is 12.2 Å². The van der Waals surface area contributed by atoms with Crippen molar-refractivity contribution in [1.29, 1.82) is 0 Å². The fourth-order valence-electron chi connectivity index (χ4n) is 2.17.